The van der Waals surface area contributed by atoms with Gasteiger partial charge in [-0.3, -0.25) is 5.01 Å². The van der Waals surface area contributed by atoms with Gasteiger partial charge in [0.1, 0.15) is 0 Å². The van der Waals surface area contributed by atoms with Gasteiger partial charge in [-0.15, -0.1) is 5.53 Å². The molecule has 0 aromatic heterocycles. The minimum absolute atomic E-state index is 0.0455. The molecule has 3 N–H and O–H groups in total. The van der Waals surface area contributed by atoms with Crippen LogP contribution in [0.2, 0.25) is 0 Å². The Morgan fingerprint density at radius 2 is 2.00 bits per heavy atom. The summed E-state index contributed by atoms with van der Waals surface area (Å²) in [5.74, 6) is 0. The minimum atomic E-state index is -0.0500. The highest BCUT2D eigenvalue weighted by atomic mass is 16.5. The van der Waals surface area contributed by atoms with Gasteiger partial charge in [0, 0.05) is 25.3 Å². The van der Waals surface area contributed by atoms with Gasteiger partial charge in [0.15, 0.2) is 0 Å². The number of rotatable bonds is 7. The van der Waals surface area contributed by atoms with Crippen LogP contribution in [0.3, 0.4) is 0 Å². The lowest BCUT2D eigenvalue weighted by molar-refractivity contribution is -0.0441. The molecular formula is C13H28N4O. The number of hydrogen-bond acceptors (Lipinski definition) is 5. The molecule has 1 heterocycles. The Morgan fingerprint density at radius 1 is 1.33 bits per heavy atom. The van der Waals surface area contributed by atoms with Gasteiger partial charge in [-0.05, 0) is 34.1 Å². The predicted molar refractivity (Wildman–Crippen MR) is 74.5 cm³/mol. The molecule has 0 unspecified atom stereocenters. The van der Waals surface area contributed by atoms with E-state index in [9.17, 15) is 0 Å². The molecule has 0 atom stereocenters. The maximum Gasteiger partial charge on any atom is 0.0650 e. The first-order valence-electron chi connectivity index (χ1n) is 6.58. The van der Waals surface area contributed by atoms with E-state index in [1.165, 1.54) is 0 Å². The number of ether oxygens (including phenoxy) is 1. The predicted octanol–water partition coefficient (Wildman–Crippen LogP) is 1.36. The number of nitrogens with one attached hydrogen (secondary N) is 3. The first kappa shape index (κ1) is 15.3. The van der Waals surface area contributed by atoms with Crippen LogP contribution >= 0.6 is 0 Å². The molecule has 0 aliphatic carbocycles. The number of nitrogens with zero attached hydrogens (tertiary/aromatic N) is 1. The van der Waals surface area contributed by atoms with E-state index in [2.05, 4.69) is 50.9 Å². The molecule has 1 aliphatic heterocycles. The molecule has 5 nitrogen and oxygen atoms in total. The molecule has 0 fully saturated rings. The highest BCUT2D eigenvalue weighted by Gasteiger charge is 2.23. The smallest absolute Gasteiger partial charge is 0.0650 e. The van der Waals surface area contributed by atoms with Crippen LogP contribution in [0.25, 0.3) is 0 Å². The first-order chi connectivity index (χ1) is 8.24. The molecule has 0 saturated carbocycles. The topological polar surface area (TPSA) is 48.6 Å². The summed E-state index contributed by atoms with van der Waals surface area (Å²) in [6.45, 7) is 12.2. The zero-order chi connectivity index (χ0) is 13.8. The van der Waals surface area contributed by atoms with E-state index in [1.807, 2.05) is 18.3 Å². The lowest BCUT2D eigenvalue weighted by Crippen LogP contribution is -2.47. The van der Waals surface area contributed by atoms with Crippen molar-refractivity contribution in [2.24, 2.45) is 0 Å². The summed E-state index contributed by atoms with van der Waals surface area (Å²) in [6, 6.07) is 0. The third kappa shape index (κ3) is 5.25. The van der Waals surface area contributed by atoms with Crippen molar-refractivity contribution in [3.05, 3.63) is 11.9 Å². The molecule has 0 spiro atoms. The summed E-state index contributed by atoms with van der Waals surface area (Å²) < 4.78 is 5.95. The fourth-order valence-corrected chi connectivity index (χ4v) is 1.41. The minimum Gasteiger partial charge on any atom is -0.374 e. The standard InChI is InChI=1S/C13H28N4O/c1-7-13(4,5)18-10-12(2,3)14-8-11-9-17(6)16-15-11/h9,14-16H,7-8,10H2,1-6H3. The number of hydrogen-bond donors (Lipinski definition) is 3. The molecule has 18 heavy (non-hydrogen) atoms. The van der Waals surface area contributed by atoms with Gasteiger partial charge in [0.25, 0.3) is 0 Å². The van der Waals surface area contributed by atoms with Gasteiger partial charge < -0.3 is 15.5 Å². The monoisotopic (exact) mass is 256 g/mol. The summed E-state index contributed by atoms with van der Waals surface area (Å²) in [5.41, 5.74) is 7.12. The first-order valence-corrected chi connectivity index (χ1v) is 6.58. The third-order valence-electron chi connectivity index (χ3n) is 3.17. The van der Waals surface area contributed by atoms with Gasteiger partial charge in [0.05, 0.1) is 17.9 Å². The van der Waals surface area contributed by atoms with Crippen LogP contribution in [0.4, 0.5) is 0 Å². The average molecular weight is 256 g/mol. The fourth-order valence-electron chi connectivity index (χ4n) is 1.41. The van der Waals surface area contributed by atoms with E-state index < -0.39 is 0 Å². The second kappa shape index (κ2) is 5.91. The van der Waals surface area contributed by atoms with Crippen LogP contribution in [0, 0.1) is 0 Å². The van der Waals surface area contributed by atoms with E-state index in [0.29, 0.717) is 6.61 Å². The van der Waals surface area contributed by atoms with E-state index in [0.717, 1.165) is 18.7 Å². The lowest BCUT2D eigenvalue weighted by Gasteiger charge is -2.32. The lowest BCUT2D eigenvalue weighted by atomic mass is 10.0. The quantitative estimate of drug-likeness (QED) is 0.642. The molecule has 0 amide bonds. The SMILES string of the molecule is CCC(C)(C)OCC(C)(C)NCC1=CN(C)NN1. The highest BCUT2D eigenvalue weighted by molar-refractivity contribution is 5.04. The van der Waals surface area contributed by atoms with Gasteiger partial charge in [-0.2, -0.15) is 0 Å². The molecular weight excluding hydrogens is 228 g/mol. The summed E-state index contributed by atoms with van der Waals surface area (Å²) in [6.07, 6.45) is 3.05. The van der Waals surface area contributed by atoms with Crippen molar-refractivity contribution in [2.75, 3.05) is 20.2 Å². The Bertz CT molecular complexity index is 299. The summed E-state index contributed by atoms with van der Waals surface area (Å²) in [5, 5.41) is 5.39. The molecule has 106 valence electrons. The zero-order valence-corrected chi connectivity index (χ0v) is 12.6. The molecule has 0 saturated heterocycles. The second-order valence-electron chi connectivity index (χ2n) is 6.14. The van der Waals surface area contributed by atoms with Crippen molar-refractivity contribution < 1.29 is 4.74 Å². The maximum absolute atomic E-state index is 5.95. The van der Waals surface area contributed by atoms with Gasteiger partial charge in [-0.25, -0.2) is 0 Å². The molecule has 0 aromatic rings. The van der Waals surface area contributed by atoms with Crippen molar-refractivity contribution in [1.82, 2.24) is 21.3 Å². The van der Waals surface area contributed by atoms with Crippen molar-refractivity contribution in [1.29, 1.82) is 0 Å². The van der Waals surface area contributed by atoms with Gasteiger partial charge >= 0.3 is 0 Å². The molecule has 0 radical (unpaired) electrons. The Kier molecular flexibility index (Phi) is 5.01. The normalized spacial score (nSPS) is 16.8. The van der Waals surface area contributed by atoms with Crippen LogP contribution in [-0.2, 0) is 4.74 Å². The average Bonchev–Trinajstić information content (AvgIpc) is 2.71. The van der Waals surface area contributed by atoms with E-state index in [1.54, 1.807) is 0 Å². The van der Waals surface area contributed by atoms with Gasteiger partial charge in [-0.1, -0.05) is 6.92 Å². The Morgan fingerprint density at radius 3 is 2.50 bits per heavy atom. The molecule has 1 rings (SSSR count). The fraction of sp³-hybridized carbons (Fsp3) is 0.846. The molecule has 0 aromatic carbocycles. The van der Waals surface area contributed by atoms with Gasteiger partial charge in [0.2, 0.25) is 0 Å². The summed E-state index contributed by atoms with van der Waals surface area (Å²) in [7, 11) is 1.96. The third-order valence-corrected chi connectivity index (χ3v) is 3.17. The van der Waals surface area contributed by atoms with E-state index >= 15 is 0 Å². The van der Waals surface area contributed by atoms with Crippen molar-refractivity contribution in [2.45, 2.75) is 52.2 Å². The van der Waals surface area contributed by atoms with E-state index in [-0.39, 0.29) is 11.1 Å². The Hall–Kier alpha value is -0.780. The molecule has 0 bridgehead atoms. The van der Waals surface area contributed by atoms with Crippen molar-refractivity contribution in [3.8, 4) is 0 Å². The van der Waals surface area contributed by atoms with Crippen LogP contribution < -0.4 is 16.3 Å². The van der Waals surface area contributed by atoms with Crippen LogP contribution in [-0.4, -0.2) is 36.3 Å². The van der Waals surface area contributed by atoms with Crippen LogP contribution in [0.5, 0.6) is 0 Å². The maximum atomic E-state index is 5.95. The highest BCUT2D eigenvalue weighted by Crippen LogP contribution is 2.16. The molecule has 1 aliphatic rings. The summed E-state index contributed by atoms with van der Waals surface area (Å²) >= 11 is 0. The summed E-state index contributed by atoms with van der Waals surface area (Å²) in [4.78, 5) is 0. The molecule has 5 heteroatoms. The van der Waals surface area contributed by atoms with Crippen molar-refractivity contribution in [3.63, 3.8) is 0 Å². The number of hydrazine groups is 2. The van der Waals surface area contributed by atoms with Crippen LogP contribution in [0.15, 0.2) is 11.9 Å². The Balaban J connectivity index is 2.33. The van der Waals surface area contributed by atoms with Crippen molar-refractivity contribution >= 4 is 0 Å². The Labute approximate surface area is 111 Å². The van der Waals surface area contributed by atoms with Crippen LogP contribution in [0.1, 0.15) is 41.0 Å². The van der Waals surface area contributed by atoms with E-state index in [4.69, 9.17) is 4.74 Å². The largest absolute Gasteiger partial charge is 0.374 e. The zero-order valence-electron chi connectivity index (χ0n) is 12.6. The second-order valence-corrected chi connectivity index (χ2v) is 6.14.